The van der Waals surface area contributed by atoms with Crippen molar-refractivity contribution in [1.82, 2.24) is 0 Å². The van der Waals surface area contributed by atoms with Gasteiger partial charge in [-0.1, -0.05) is 0 Å². The molecular weight excluding hydrogens is 442 g/mol. The predicted octanol–water partition coefficient (Wildman–Crippen LogP) is 2.98. The van der Waals surface area contributed by atoms with Crippen LogP contribution in [-0.2, 0) is 4.79 Å². The van der Waals surface area contributed by atoms with Gasteiger partial charge in [0.1, 0.15) is 11.7 Å². The molecule has 0 aliphatic rings. The van der Waals surface area contributed by atoms with Gasteiger partial charge in [0.15, 0.2) is 0 Å². The summed E-state index contributed by atoms with van der Waals surface area (Å²) in [5.74, 6) is -1.81. The maximum Gasteiger partial charge on any atom is 0.327 e. The third kappa shape index (κ3) is 5.60. The van der Waals surface area contributed by atoms with E-state index in [9.17, 15) is 50.4 Å². The number of aliphatic carboxylic acids is 1. The van der Waals surface area contributed by atoms with Gasteiger partial charge in [0.2, 0.25) is 0 Å². The summed E-state index contributed by atoms with van der Waals surface area (Å²) in [4.78, 5) is 52.0. The summed E-state index contributed by atoms with van der Waals surface area (Å²) in [5, 5.41) is 55.7. The quantitative estimate of drug-likeness (QED) is 0.301. The van der Waals surface area contributed by atoms with Crippen LogP contribution in [0.4, 0.5) is 28.4 Å². The number of nitrogens with one attached hydrogen (secondary N) is 1. The molecule has 0 aliphatic heterocycles. The van der Waals surface area contributed by atoms with E-state index in [2.05, 4.69) is 5.32 Å². The Morgan fingerprint density at radius 1 is 0.871 bits per heavy atom. The molecule has 162 valence electrons. The van der Waals surface area contributed by atoms with E-state index >= 15 is 0 Å². The second-order valence-corrected chi connectivity index (χ2v) is 6.79. The molecule has 0 aliphatic carbocycles. The second-order valence-electron chi connectivity index (χ2n) is 5.73. The maximum atomic E-state index is 11.6. The Bertz CT molecular complexity index is 1090. The highest BCUT2D eigenvalue weighted by atomic mass is 32.2. The number of benzene rings is 2. The number of nitro groups is 4. The molecule has 0 fully saturated rings. The highest BCUT2D eigenvalue weighted by molar-refractivity contribution is 7.99. The molecule has 0 heterocycles. The molecule has 0 unspecified atom stereocenters. The molecule has 16 heteroatoms. The minimum absolute atomic E-state index is 0.0538. The van der Waals surface area contributed by atoms with Gasteiger partial charge in [-0.15, -0.1) is 11.8 Å². The number of non-ortho nitro benzene ring substituents is 2. The number of carboxylic acids is 1. The first-order valence-corrected chi connectivity index (χ1v) is 8.97. The highest BCUT2D eigenvalue weighted by Crippen LogP contribution is 2.34. The van der Waals surface area contributed by atoms with Crippen LogP contribution in [0.15, 0.2) is 41.3 Å². The molecule has 0 radical (unpaired) electrons. The van der Waals surface area contributed by atoms with Crippen LogP contribution in [0.3, 0.4) is 0 Å². The Labute approximate surface area is 175 Å². The molecule has 2 aromatic rings. The van der Waals surface area contributed by atoms with Gasteiger partial charge in [0, 0.05) is 17.9 Å². The number of thioether (sulfide) groups is 1. The molecule has 0 aromatic heterocycles. The van der Waals surface area contributed by atoms with Gasteiger partial charge in [-0.2, -0.15) is 0 Å². The van der Waals surface area contributed by atoms with Crippen LogP contribution in [0.25, 0.3) is 0 Å². The lowest BCUT2D eigenvalue weighted by atomic mass is 10.2. The molecular formula is C15H11N5O10S. The zero-order chi connectivity index (χ0) is 23.3. The van der Waals surface area contributed by atoms with E-state index in [1.807, 2.05) is 0 Å². The van der Waals surface area contributed by atoms with Crippen molar-refractivity contribution in [1.29, 1.82) is 0 Å². The van der Waals surface area contributed by atoms with E-state index in [0.717, 1.165) is 30.3 Å². The topological polar surface area (TPSA) is 222 Å². The molecule has 31 heavy (non-hydrogen) atoms. The smallest absolute Gasteiger partial charge is 0.327 e. The minimum Gasteiger partial charge on any atom is -0.480 e. The van der Waals surface area contributed by atoms with Gasteiger partial charge in [0.05, 0.1) is 36.7 Å². The summed E-state index contributed by atoms with van der Waals surface area (Å²) in [6, 6.07) is 3.93. The minimum atomic E-state index is -1.49. The molecule has 0 saturated heterocycles. The van der Waals surface area contributed by atoms with E-state index in [1.165, 1.54) is 0 Å². The molecule has 2 rings (SSSR count). The number of hydrogen-bond acceptors (Lipinski definition) is 11. The van der Waals surface area contributed by atoms with Crippen molar-refractivity contribution in [2.45, 2.75) is 10.9 Å². The van der Waals surface area contributed by atoms with Crippen LogP contribution >= 0.6 is 11.8 Å². The van der Waals surface area contributed by atoms with Crippen molar-refractivity contribution in [3.05, 3.63) is 76.9 Å². The third-order valence-electron chi connectivity index (χ3n) is 3.77. The fraction of sp³-hybridized carbons (Fsp3) is 0.133. The predicted molar refractivity (Wildman–Crippen MR) is 105 cm³/mol. The van der Waals surface area contributed by atoms with E-state index in [1.54, 1.807) is 0 Å². The van der Waals surface area contributed by atoms with Crippen LogP contribution in [0.1, 0.15) is 0 Å². The molecule has 0 amide bonds. The Morgan fingerprint density at radius 3 is 1.87 bits per heavy atom. The summed E-state index contributed by atoms with van der Waals surface area (Å²) in [6.45, 7) is 0. The SMILES string of the molecule is O=C(O)[C@H](CSc1ccc([N+](=O)[O-])cc1[N+](=O)[O-])Nc1ccc([N+](=O)[O-])cc1[N+](=O)[O-]. The fourth-order valence-electron chi connectivity index (χ4n) is 2.33. The lowest BCUT2D eigenvalue weighted by molar-refractivity contribution is -0.396. The molecule has 0 saturated carbocycles. The number of carboxylic acid groups (broad SMARTS) is 1. The van der Waals surface area contributed by atoms with Gasteiger partial charge in [0.25, 0.3) is 22.7 Å². The second kappa shape index (κ2) is 9.44. The molecule has 1 atom stereocenters. The molecule has 2 N–H and O–H groups in total. The normalized spacial score (nSPS) is 11.4. The average Bonchev–Trinajstić information content (AvgIpc) is 2.70. The lowest BCUT2D eigenvalue weighted by Gasteiger charge is -2.15. The lowest BCUT2D eigenvalue weighted by Crippen LogP contribution is -2.32. The molecule has 0 spiro atoms. The van der Waals surface area contributed by atoms with Gasteiger partial charge in [-0.25, -0.2) is 4.79 Å². The van der Waals surface area contributed by atoms with Crippen LogP contribution in [0.5, 0.6) is 0 Å². The van der Waals surface area contributed by atoms with Crippen molar-refractivity contribution in [3.63, 3.8) is 0 Å². The highest BCUT2D eigenvalue weighted by Gasteiger charge is 2.26. The largest absolute Gasteiger partial charge is 0.480 e. The zero-order valence-corrected chi connectivity index (χ0v) is 15.9. The molecule has 2 aromatic carbocycles. The Kier molecular flexibility index (Phi) is 6.99. The van der Waals surface area contributed by atoms with Gasteiger partial charge in [-0.3, -0.25) is 40.5 Å². The average molecular weight is 453 g/mol. The van der Waals surface area contributed by atoms with Crippen LogP contribution in [-0.4, -0.2) is 42.6 Å². The number of nitro benzene ring substituents is 4. The first-order chi connectivity index (χ1) is 14.5. The number of carbonyl (C=O) groups is 1. The first kappa shape index (κ1) is 22.9. The van der Waals surface area contributed by atoms with Gasteiger partial charge < -0.3 is 10.4 Å². The van der Waals surface area contributed by atoms with E-state index in [0.29, 0.717) is 17.8 Å². The monoisotopic (exact) mass is 453 g/mol. The van der Waals surface area contributed by atoms with Crippen molar-refractivity contribution in [2.75, 3.05) is 11.1 Å². The Balaban J connectivity index is 2.29. The van der Waals surface area contributed by atoms with Crippen molar-refractivity contribution >= 4 is 46.2 Å². The van der Waals surface area contributed by atoms with Crippen molar-refractivity contribution < 1.29 is 29.6 Å². The van der Waals surface area contributed by atoms with E-state index < -0.39 is 54.5 Å². The van der Waals surface area contributed by atoms with Crippen molar-refractivity contribution in [3.8, 4) is 0 Å². The van der Waals surface area contributed by atoms with E-state index in [4.69, 9.17) is 0 Å². The standard InChI is InChI=1S/C15H11N5O10S/c21-15(22)11(16-10-3-1-8(17(23)24)5-12(10)19(27)28)7-31-14-4-2-9(18(25)26)6-13(14)20(29)30/h1-6,11,16H,7H2,(H,21,22)/t11-/m0/s1. The van der Waals surface area contributed by atoms with Crippen LogP contribution in [0, 0.1) is 40.5 Å². The van der Waals surface area contributed by atoms with Crippen LogP contribution < -0.4 is 5.32 Å². The zero-order valence-electron chi connectivity index (χ0n) is 15.1. The summed E-state index contributed by atoms with van der Waals surface area (Å²) in [5.41, 5.74) is -2.73. The summed E-state index contributed by atoms with van der Waals surface area (Å²) >= 11 is 0.688. The number of hydrogen-bond donors (Lipinski definition) is 2. The Morgan fingerprint density at radius 2 is 1.39 bits per heavy atom. The number of nitrogens with zero attached hydrogens (tertiary/aromatic N) is 4. The van der Waals surface area contributed by atoms with Crippen molar-refractivity contribution in [2.24, 2.45) is 0 Å². The van der Waals surface area contributed by atoms with Gasteiger partial charge >= 0.3 is 5.97 Å². The maximum absolute atomic E-state index is 11.6. The molecule has 0 bridgehead atoms. The van der Waals surface area contributed by atoms with Gasteiger partial charge in [-0.05, 0) is 12.1 Å². The summed E-state index contributed by atoms with van der Waals surface area (Å²) < 4.78 is 0. The molecule has 15 nitrogen and oxygen atoms in total. The van der Waals surface area contributed by atoms with Crippen LogP contribution in [0.2, 0.25) is 0 Å². The number of rotatable bonds is 10. The number of anilines is 1. The summed E-state index contributed by atoms with van der Waals surface area (Å²) in [6.07, 6.45) is 0. The van der Waals surface area contributed by atoms with E-state index in [-0.39, 0.29) is 16.3 Å². The fourth-order valence-corrected chi connectivity index (χ4v) is 3.34. The Hall–Kier alpha value is -4.34. The first-order valence-electron chi connectivity index (χ1n) is 7.99. The third-order valence-corrected chi connectivity index (χ3v) is 4.93. The summed E-state index contributed by atoms with van der Waals surface area (Å²) in [7, 11) is 0.